The Hall–Kier alpha value is -1.85. The van der Waals surface area contributed by atoms with Gasteiger partial charge in [-0.05, 0) is 71.6 Å². The van der Waals surface area contributed by atoms with E-state index < -0.39 is 0 Å². The lowest BCUT2D eigenvalue weighted by atomic mass is 9.95. The maximum Gasteiger partial charge on any atom is 0.115 e. The lowest BCUT2D eigenvalue weighted by molar-refractivity contribution is 0.0196. The van der Waals surface area contributed by atoms with Crippen LogP contribution in [-0.4, -0.2) is 40.1 Å². The van der Waals surface area contributed by atoms with Crippen LogP contribution in [0.15, 0.2) is 65.4 Å². The Morgan fingerprint density at radius 1 is 1.03 bits per heavy atom. The van der Waals surface area contributed by atoms with Gasteiger partial charge in [0.25, 0.3) is 0 Å². The van der Waals surface area contributed by atoms with Crippen molar-refractivity contribution in [1.29, 1.82) is 0 Å². The smallest absolute Gasteiger partial charge is 0.115 e. The van der Waals surface area contributed by atoms with Gasteiger partial charge in [-0.15, -0.1) is 0 Å². The number of rotatable bonds is 5. The van der Waals surface area contributed by atoms with Crippen LogP contribution in [0.25, 0.3) is 0 Å². The molecule has 0 spiro atoms. The van der Waals surface area contributed by atoms with Gasteiger partial charge >= 0.3 is 0 Å². The summed E-state index contributed by atoms with van der Waals surface area (Å²) in [4.78, 5) is 5.14. The summed E-state index contributed by atoms with van der Waals surface area (Å²) in [5.41, 5.74) is 3.74. The van der Waals surface area contributed by atoms with Crippen LogP contribution in [0, 0.1) is 0 Å². The third-order valence-electron chi connectivity index (χ3n) is 5.84. The third-order valence-corrected chi connectivity index (χ3v) is 6.79. The Morgan fingerprint density at radius 2 is 1.83 bits per heavy atom. The van der Waals surface area contributed by atoms with Crippen molar-refractivity contribution in [3.63, 3.8) is 0 Å². The van der Waals surface area contributed by atoms with E-state index in [1.807, 2.05) is 24.3 Å². The molecule has 1 aliphatic heterocycles. The SMILES string of the molecule is C[C@H]1CN(C(c2ccsc2)c2cccc(O)c2)[C@@H](C)CN1Cc1ccc(Cl)cc1. The van der Waals surface area contributed by atoms with E-state index in [9.17, 15) is 5.11 Å². The van der Waals surface area contributed by atoms with Crippen molar-refractivity contribution in [2.24, 2.45) is 0 Å². The van der Waals surface area contributed by atoms with Crippen LogP contribution in [0.5, 0.6) is 5.75 Å². The molecule has 2 aromatic carbocycles. The largest absolute Gasteiger partial charge is 0.508 e. The van der Waals surface area contributed by atoms with Gasteiger partial charge in [-0.2, -0.15) is 11.3 Å². The lowest BCUT2D eigenvalue weighted by Crippen LogP contribution is -2.56. The van der Waals surface area contributed by atoms with Crippen molar-refractivity contribution in [2.45, 2.75) is 38.5 Å². The summed E-state index contributed by atoms with van der Waals surface area (Å²) in [6.07, 6.45) is 0. The molecule has 3 atom stereocenters. The summed E-state index contributed by atoms with van der Waals surface area (Å²) in [6.45, 7) is 7.53. The maximum atomic E-state index is 10.1. The standard InChI is InChI=1S/C24H27ClN2OS/c1-17-14-27(18(2)13-26(17)15-19-6-8-22(25)9-7-19)24(21-10-11-29-16-21)20-4-3-5-23(28)12-20/h3-12,16-18,24,28H,13-15H2,1-2H3/t17-,18-,24?/m0/s1. The average molecular weight is 427 g/mol. The molecule has 5 heteroatoms. The fourth-order valence-corrected chi connectivity index (χ4v) is 5.14. The highest BCUT2D eigenvalue weighted by Gasteiger charge is 2.35. The summed E-state index contributed by atoms with van der Waals surface area (Å²) in [6, 6.07) is 19.1. The van der Waals surface area contributed by atoms with Crippen molar-refractivity contribution in [2.75, 3.05) is 13.1 Å². The molecule has 1 N–H and O–H groups in total. The minimum Gasteiger partial charge on any atom is -0.508 e. The first-order valence-corrected chi connectivity index (χ1v) is 11.4. The number of thiophene rings is 1. The van der Waals surface area contributed by atoms with Crippen LogP contribution in [0.1, 0.15) is 36.6 Å². The van der Waals surface area contributed by atoms with E-state index in [-0.39, 0.29) is 6.04 Å². The van der Waals surface area contributed by atoms with E-state index in [1.165, 1.54) is 11.1 Å². The molecule has 1 fully saturated rings. The first kappa shape index (κ1) is 20.4. The molecule has 4 rings (SSSR count). The highest BCUT2D eigenvalue weighted by atomic mass is 35.5. The monoisotopic (exact) mass is 426 g/mol. The zero-order chi connectivity index (χ0) is 20.4. The van der Waals surface area contributed by atoms with Gasteiger partial charge in [0.1, 0.15) is 5.75 Å². The Kier molecular flexibility index (Phi) is 6.26. The topological polar surface area (TPSA) is 26.7 Å². The number of aromatic hydroxyl groups is 1. The molecule has 0 saturated carbocycles. The zero-order valence-corrected chi connectivity index (χ0v) is 18.4. The fraction of sp³-hybridized carbons (Fsp3) is 0.333. The highest BCUT2D eigenvalue weighted by molar-refractivity contribution is 7.08. The first-order valence-electron chi connectivity index (χ1n) is 10.1. The Labute approximate surface area is 182 Å². The van der Waals surface area contributed by atoms with Gasteiger partial charge in [0.05, 0.1) is 6.04 Å². The minimum absolute atomic E-state index is 0.156. The molecule has 152 valence electrons. The second-order valence-corrected chi connectivity index (χ2v) is 9.22. The van der Waals surface area contributed by atoms with Gasteiger partial charge in [0.2, 0.25) is 0 Å². The first-order chi connectivity index (χ1) is 14.0. The van der Waals surface area contributed by atoms with Crippen LogP contribution in [0.4, 0.5) is 0 Å². The second-order valence-electron chi connectivity index (χ2n) is 8.00. The van der Waals surface area contributed by atoms with Crippen molar-refractivity contribution < 1.29 is 5.11 Å². The van der Waals surface area contributed by atoms with Gasteiger partial charge in [0.15, 0.2) is 0 Å². The van der Waals surface area contributed by atoms with Crippen molar-refractivity contribution in [1.82, 2.24) is 9.80 Å². The predicted octanol–water partition coefficient (Wildman–Crippen LogP) is 5.79. The molecule has 0 radical (unpaired) electrons. The third kappa shape index (κ3) is 4.67. The van der Waals surface area contributed by atoms with Crippen molar-refractivity contribution >= 4 is 22.9 Å². The molecule has 0 amide bonds. The molecule has 0 bridgehead atoms. The number of hydrogen-bond acceptors (Lipinski definition) is 4. The van der Waals surface area contributed by atoms with Crippen LogP contribution in [0.2, 0.25) is 5.02 Å². The van der Waals surface area contributed by atoms with Gasteiger partial charge in [-0.25, -0.2) is 0 Å². The van der Waals surface area contributed by atoms with Gasteiger partial charge in [0, 0.05) is 36.7 Å². The maximum absolute atomic E-state index is 10.1. The molecule has 1 aliphatic rings. The van der Waals surface area contributed by atoms with E-state index in [2.05, 4.69) is 58.7 Å². The summed E-state index contributed by atoms with van der Waals surface area (Å²) in [5, 5.41) is 15.2. The highest BCUT2D eigenvalue weighted by Crippen LogP contribution is 2.35. The number of hydrogen-bond donors (Lipinski definition) is 1. The molecule has 1 unspecified atom stereocenters. The minimum atomic E-state index is 0.156. The van der Waals surface area contributed by atoms with E-state index in [4.69, 9.17) is 11.6 Å². The number of benzene rings is 2. The number of piperazine rings is 1. The summed E-state index contributed by atoms with van der Waals surface area (Å²) >= 11 is 7.77. The Morgan fingerprint density at radius 3 is 2.52 bits per heavy atom. The van der Waals surface area contributed by atoms with E-state index >= 15 is 0 Å². The quantitative estimate of drug-likeness (QED) is 0.559. The van der Waals surface area contributed by atoms with Crippen LogP contribution in [0.3, 0.4) is 0 Å². The molecule has 3 nitrogen and oxygen atoms in total. The molecular weight excluding hydrogens is 400 g/mol. The van der Waals surface area contributed by atoms with E-state index in [0.29, 0.717) is 17.8 Å². The van der Waals surface area contributed by atoms with Crippen LogP contribution < -0.4 is 0 Å². The lowest BCUT2D eigenvalue weighted by Gasteiger charge is -2.47. The van der Waals surface area contributed by atoms with Crippen molar-refractivity contribution in [3.05, 3.63) is 87.1 Å². The van der Waals surface area contributed by atoms with E-state index in [0.717, 1.165) is 30.2 Å². The molecular formula is C24H27ClN2OS. The summed E-state index contributed by atoms with van der Waals surface area (Å²) in [7, 11) is 0. The van der Waals surface area contributed by atoms with Crippen LogP contribution in [-0.2, 0) is 6.54 Å². The van der Waals surface area contributed by atoms with Crippen molar-refractivity contribution in [3.8, 4) is 5.75 Å². The van der Waals surface area contributed by atoms with Gasteiger partial charge < -0.3 is 5.11 Å². The van der Waals surface area contributed by atoms with Gasteiger partial charge in [-0.1, -0.05) is 35.9 Å². The van der Waals surface area contributed by atoms with Gasteiger partial charge in [-0.3, -0.25) is 9.80 Å². The second kappa shape index (κ2) is 8.88. The molecule has 1 saturated heterocycles. The summed E-state index contributed by atoms with van der Waals surface area (Å²) < 4.78 is 0. The normalized spacial score (nSPS) is 21.9. The molecule has 1 aromatic heterocycles. The van der Waals surface area contributed by atoms with E-state index in [1.54, 1.807) is 17.4 Å². The summed E-state index contributed by atoms with van der Waals surface area (Å²) in [5.74, 6) is 0.324. The fourth-order valence-electron chi connectivity index (χ4n) is 4.33. The number of nitrogens with zero attached hydrogens (tertiary/aromatic N) is 2. The number of phenols is 1. The number of halogens is 1. The molecule has 3 aromatic rings. The molecule has 0 aliphatic carbocycles. The van der Waals surface area contributed by atoms with Crippen LogP contribution >= 0.6 is 22.9 Å². The molecule has 29 heavy (non-hydrogen) atoms. The Bertz CT molecular complexity index is 928. The average Bonchev–Trinajstić information content (AvgIpc) is 3.22. The Balaban J connectivity index is 1.56. The number of phenolic OH excluding ortho intramolecular Hbond substituents is 1. The molecule has 2 heterocycles. The zero-order valence-electron chi connectivity index (χ0n) is 16.8. The predicted molar refractivity (Wildman–Crippen MR) is 122 cm³/mol.